The molecule has 2 aliphatic carbocycles. The summed E-state index contributed by atoms with van der Waals surface area (Å²) in [5.74, 6) is -2.32. The summed E-state index contributed by atoms with van der Waals surface area (Å²) in [6, 6.07) is 0. The van der Waals surface area contributed by atoms with Crippen LogP contribution in [-0.4, -0.2) is 139 Å². The number of methoxy groups -OCH3 is 2. The Bertz CT molecular complexity index is 1790. The molecular weight excluding hydrogens is 825 g/mol. The molecule has 14 heteroatoms. The van der Waals surface area contributed by atoms with Crippen LogP contribution in [0.15, 0.2) is 59.3 Å². The Kier molecular flexibility index (Phi) is 15.1. The van der Waals surface area contributed by atoms with Crippen LogP contribution in [0.2, 0.25) is 0 Å². The summed E-state index contributed by atoms with van der Waals surface area (Å²) in [6.07, 6.45) is 13.8. The number of esters is 1. The minimum Gasteiger partial charge on any atom is -0.462 e. The Morgan fingerprint density at radius 1 is 0.812 bits per heavy atom. The number of allylic oxidation sites excluding steroid dienone is 2. The Labute approximate surface area is 379 Å². The molecule has 0 unspecified atom stereocenters. The predicted molar refractivity (Wildman–Crippen MR) is 234 cm³/mol. The monoisotopic (exact) mass is 899 g/mol. The van der Waals surface area contributed by atoms with E-state index in [-0.39, 0.29) is 36.8 Å². The van der Waals surface area contributed by atoms with E-state index in [4.69, 9.17) is 47.4 Å². The molecule has 0 aromatic rings. The van der Waals surface area contributed by atoms with E-state index in [1.54, 1.807) is 40.2 Å². The first-order valence-corrected chi connectivity index (χ1v) is 24.0. The van der Waals surface area contributed by atoms with Crippen LogP contribution in [0.5, 0.6) is 0 Å². The standard InChI is InChI=1S/C50H74O14/c1-27-13-12-16-34-26-57-47-42(51)30(4)21-37(50(34,47)54)48(53)60-36-22-35(63-49(25-36)20-19-29(3)45(64-49)33-14-10-9-11-15-33)18-17-28(2)44(27)61-41-24-39(56-8)46(32(6)59-41)62-40-23-38(55-7)43(52)31(5)58-40/h12-13,16-17,19-21,27,29,31-33,35-47,51-52,54H,9-11,14-15,18,22-26H2,1-8H3/t27-,29-,31+,32-,35-,36-,37-,38+,39-,40-,41+,42-,43+,44-,45+,46+,47-,49+,50-/m0/s1. The molecule has 0 amide bonds. The fourth-order valence-corrected chi connectivity index (χ4v) is 11.7. The van der Waals surface area contributed by atoms with E-state index in [0.29, 0.717) is 49.2 Å². The third-order valence-electron chi connectivity index (χ3n) is 15.4. The second kappa shape index (κ2) is 20.1. The van der Waals surface area contributed by atoms with Gasteiger partial charge < -0.3 is 62.7 Å². The lowest BCUT2D eigenvalue weighted by atomic mass is 9.71. The molecule has 19 atom stereocenters. The maximum absolute atomic E-state index is 14.4. The fraction of sp³-hybridized carbons (Fsp3) is 0.780. The number of ether oxygens (including phenoxy) is 10. The van der Waals surface area contributed by atoms with E-state index in [1.165, 1.54) is 19.3 Å². The molecule has 0 aromatic heterocycles. The number of rotatable bonds is 7. The second-order valence-electron chi connectivity index (χ2n) is 20.0. The minimum absolute atomic E-state index is 0.0242. The quantitative estimate of drug-likeness (QED) is 0.204. The highest BCUT2D eigenvalue weighted by Gasteiger charge is 2.60. The summed E-state index contributed by atoms with van der Waals surface area (Å²) in [4.78, 5) is 14.4. The minimum atomic E-state index is -1.83. The Balaban J connectivity index is 1.08. The maximum atomic E-state index is 14.4. The van der Waals surface area contributed by atoms with E-state index in [1.807, 2.05) is 25.2 Å². The molecule has 64 heavy (non-hydrogen) atoms. The van der Waals surface area contributed by atoms with Gasteiger partial charge in [0.15, 0.2) is 18.4 Å². The van der Waals surface area contributed by atoms with Crippen molar-refractivity contribution in [1.29, 1.82) is 0 Å². The van der Waals surface area contributed by atoms with Gasteiger partial charge in [-0.15, -0.1) is 0 Å². The highest BCUT2D eigenvalue weighted by molar-refractivity contribution is 5.78. The predicted octanol–water partition coefficient (Wildman–Crippen LogP) is 5.91. The van der Waals surface area contributed by atoms with Crippen molar-refractivity contribution >= 4 is 5.97 Å². The highest BCUT2D eigenvalue weighted by Crippen LogP contribution is 2.48. The van der Waals surface area contributed by atoms with E-state index in [0.717, 1.165) is 18.4 Å². The van der Waals surface area contributed by atoms with Gasteiger partial charge in [-0.2, -0.15) is 0 Å². The molecule has 4 saturated heterocycles. The van der Waals surface area contributed by atoms with Crippen LogP contribution in [-0.2, 0) is 52.2 Å². The van der Waals surface area contributed by atoms with Crippen molar-refractivity contribution in [3.05, 3.63) is 59.3 Å². The molecule has 0 aromatic carbocycles. The fourth-order valence-electron chi connectivity index (χ4n) is 11.7. The smallest absolute Gasteiger partial charge is 0.316 e. The van der Waals surface area contributed by atoms with Crippen molar-refractivity contribution in [3.63, 3.8) is 0 Å². The summed E-state index contributed by atoms with van der Waals surface area (Å²) < 4.78 is 64.1. The molecule has 0 radical (unpaired) electrons. The van der Waals surface area contributed by atoms with Gasteiger partial charge in [-0.25, -0.2) is 0 Å². The van der Waals surface area contributed by atoms with Gasteiger partial charge in [-0.1, -0.05) is 69.6 Å². The van der Waals surface area contributed by atoms with Crippen LogP contribution in [0.3, 0.4) is 0 Å². The van der Waals surface area contributed by atoms with Crippen LogP contribution < -0.4 is 0 Å². The first-order valence-electron chi connectivity index (χ1n) is 24.0. The molecular formula is C50H74O14. The number of aliphatic hydroxyl groups is 3. The van der Waals surface area contributed by atoms with Crippen molar-refractivity contribution in [2.45, 2.75) is 203 Å². The van der Waals surface area contributed by atoms with Crippen molar-refractivity contribution in [2.24, 2.45) is 23.7 Å². The van der Waals surface area contributed by atoms with E-state index >= 15 is 0 Å². The van der Waals surface area contributed by atoms with Crippen LogP contribution in [0, 0.1) is 23.7 Å². The largest absolute Gasteiger partial charge is 0.462 e. The Morgan fingerprint density at radius 2 is 1.53 bits per heavy atom. The molecule has 2 bridgehead atoms. The lowest BCUT2D eigenvalue weighted by Crippen LogP contribution is -2.58. The summed E-state index contributed by atoms with van der Waals surface area (Å²) in [5.41, 5.74) is 0.166. The zero-order chi connectivity index (χ0) is 45.5. The Morgan fingerprint density at radius 3 is 2.28 bits per heavy atom. The normalized spacial score (nSPS) is 47.1. The van der Waals surface area contributed by atoms with Crippen LogP contribution in [0.1, 0.15) is 106 Å². The van der Waals surface area contributed by atoms with E-state index in [2.05, 4.69) is 32.9 Å². The average Bonchev–Trinajstić information content (AvgIpc) is 3.62. The molecule has 358 valence electrons. The third-order valence-corrected chi connectivity index (χ3v) is 15.4. The van der Waals surface area contributed by atoms with Gasteiger partial charge in [0.1, 0.15) is 42.0 Å². The third kappa shape index (κ3) is 9.82. The molecule has 5 fully saturated rings. The average molecular weight is 899 g/mol. The van der Waals surface area contributed by atoms with Crippen LogP contribution in [0.25, 0.3) is 0 Å². The SMILES string of the molecule is CO[C@H]1C[C@@H](O[C@@H]2C(C)=CC[C@H]3C[C@@H](C[C@]4(C=C[C@H](C)[C@H](C5CCCCC5)O4)O3)OC(=O)[C@@H]3C=C(C)[C@H](O)[C@@H]4OCC(=CC=C[C@@H]2C)[C@]34O)O[C@@H](C)[C@H]1O[C@H]1C[C@@H](OC)[C@H](O)[C@@H](C)O1. The molecule has 8 aliphatic rings. The number of hydrogen-bond donors (Lipinski definition) is 3. The van der Waals surface area contributed by atoms with Gasteiger partial charge in [-0.05, 0) is 75.7 Å². The summed E-state index contributed by atoms with van der Waals surface area (Å²) in [7, 11) is 3.23. The topological polar surface area (TPSA) is 170 Å². The van der Waals surface area contributed by atoms with Crippen LogP contribution >= 0.6 is 0 Å². The summed E-state index contributed by atoms with van der Waals surface area (Å²) in [5, 5.41) is 34.3. The van der Waals surface area contributed by atoms with Gasteiger partial charge in [0.2, 0.25) is 0 Å². The molecule has 14 nitrogen and oxygen atoms in total. The first kappa shape index (κ1) is 48.2. The molecule has 6 aliphatic heterocycles. The maximum Gasteiger partial charge on any atom is 0.316 e. The summed E-state index contributed by atoms with van der Waals surface area (Å²) in [6.45, 7) is 11.9. The molecule has 8 rings (SSSR count). The number of carbonyl (C=O) groups is 1. The van der Waals surface area contributed by atoms with Crippen molar-refractivity contribution in [1.82, 2.24) is 0 Å². The van der Waals surface area contributed by atoms with E-state index in [9.17, 15) is 20.1 Å². The number of carbonyl (C=O) groups excluding carboxylic acids is 1. The van der Waals surface area contributed by atoms with Crippen molar-refractivity contribution in [2.75, 3.05) is 20.8 Å². The van der Waals surface area contributed by atoms with Crippen molar-refractivity contribution in [3.8, 4) is 0 Å². The van der Waals surface area contributed by atoms with Crippen LogP contribution in [0.4, 0.5) is 0 Å². The first-order chi connectivity index (χ1) is 30.6. The zero-order valence-electron chi connectivity index (χ0n) is 39.0. The lowest BCUT2D eigenvalue weighted by molar-refractivity contribution is -0.318. The zero-order valence-corrected chi connectivity index (χ0v) is 39.0. The Hall–Kier alpha value is -2.31. The molecule has 1 spiro atoms. The number of fused-ring (bicyclic) bond motifs is 2. The van der Waals surface area contributed by atoms with Gasteiger partial charge in [0.25, 0.3) is 0 Å². The molecule has 1 saturated carbocycles. The lowest BCUT2D eigenvalue weighted by Gasteiger charge is -2.49. The van der Waals surface area contributed by atoms with Gasteiger partial charge in [0, 0.05) is 51.7 Å². The summed E-state index contributed by atoms with van der Waals surface area (Å²) >= 11 is 0. The second-order valence-corrected chi connectivity index (χ2v) is 20.0. The number of hydrogen-bond acceptors (Lipinski definition) is 14. The van der Waals surface area contributed by atoms with Gasteiger partial charge in [0.05, 0.1) is 49.3 Å². The van der Waals surface area contributed by atoms with Gasteiger partial charge in [-0.3, -0.25) is 4.79 Å². The van der Waals surface area contributed by atoms with Gasteiger partial charge >= 0.3 is 5.97 Å². The highest BCUT2D eigenvalue weighted by atomic mass is 16.7. The molecule has 6 heterocycles. The number of aliphatic hydroxyl groups excluding tert-OH is 2. The van der Waals surface area contributed by atoms with Crippen molar-refractivity contribution < 1.29 is 67.5 Å². The van der Waals surface area contributed by atoms with E-state index < -0.39 is 90.8 Å². The molecule has 3 N–H and O–H groups in total.